The van der Waals surface area contributed by atoms with E-state index in [1.807, 2.05) is 0 Å². The number of hydrogen-bond acceptors (Lipinski definition) is 2. The minimum atomic E-state index is 0.300. The average molecular weight is 287 g/mol. The van der Waals surface area contributed by atoms with Crippen LogP contribution in [0.25, 0.3) is 11.1 Å². The number of aldehydes is 1. The smallest absolute Gasteiger partial charge is 0.152 e. The fourth-order valence-electron chi connectivity index (χ4n) is 1.50. The molecule has 0 fully saturated rings. The molecule has 0 radical (unpaired) electrons. The monoisotopic (exact) mass is 285 g/mol. The topological polar surface area (TPSA) is 30.0 Å². The van der Waals surface area contributed by atoms with E-state index in [2.05, 4.69) is 4.98 Å². The second-order valence-corrected chi connectivity index (χ2v) is 4.64. The van der Waals surface area contributed by atoms with Gasteiger partial charge in [-0.3, -0.25) is 9.78 Å². The lowest BCUT2D eigenvalue weighted by Crippen LogP contribution is -1.91. The normalized spacial score (nSPS) is 10.3. The van der Waals surface area contributed by atoms with Crippen molar-refractivity contribution in [3.63, 3.8) is 0 Å². The van der Waals surface area contributed by atoms with Gasteiger partial charge in [0.2, 0.25) is 0 Å². The maximum Gasteiger partial charge on any atom is 0.152 e. The van der Waals surface area contributed by atoms with Crippen LogP contribution in [0, 0.1) is 0 Å². The van der Waals surface area contributed by atoms with Gasteiger partial charge in [0, 0.05) is 33.6 Å². The van der Waals surface area contributed by atoms with Gasteiger partial charge in [0.05, 0.1) is 5.02 Å². The highest BCUT2D eigenvalue weighted by Gasteiger charge is 2.10. The molecule has 0 saturated heterocycles. The molecule has 0 N–H and O–H groups in total. The van der Waals surface area contributed by atoms with E-state index in [0.717, 1.165) is 0 Å². The van der Waals surface area contributed by atoms with E-state index in [1.165, 1.54) is 6.20 Å². The van der Waals surface area contributed by atoms with Gasteiger partial charge in [0.15, 0.2) is 6.29 Å². The summed E-state index contributed by atoms with van der Waals surface area (Å²) in [5.74, 6) is 0. The first kappa shape index (κ1) is 12.4. The molecule has 86 valence electrons. The summed E-state index contributed by atoms with van der Waals surface area (Å²) in [6.07, 6.45) is 3.66. The predicted octanol–water partition coefficient (Wildman–Crippen LogP) is 4.52. The number of carbonyl (C=O) groups is 1. The highest BCUT2D eigenvalue weighted by atomic mass is 35.5. The molecule has 0 spiro atoms. The molecule has 0 aliphatic heterocycles. The number of nitrogens with zero attached hydrogens (tertiary/aromatic N) is 1. The van der Waals surface area contributed by atoms with Gasteiger partial charge in [-0.1, -0.05) is 34.8 Å². The van der Waals surface area contributed by atoms with Gasteiger partial charge in [-0.25, -0.2) is 0 Å². The van der Waals surface area contributed by atoms with Crippen molar-refractivity contribution in [1.82, 2.24) is 4.98 Å². The third-order valence-electron chi connectivity index (χ3n) is 2.23. The third kappa shape index (κ3) is 2.60. The Bertz CT molecular complexity index is 564. The van der Waals surface area contributed by atoms with Gasteiger partial charge in [0.1, 0.15) is 0 Å². The maximum absolute atomic E-state index is 11.0. The Morgan fingerprint density at radius 1 is 1.00 bits per heavy atom. The molecular formula is C12H6Cl3NO. The molecule has 1 aromatic carbocycles. The van der Waals surface area contributed by atoms with Gasteiger partial charge in [-0.2, -0.15) is 0 Å². The standard InChI is InChI=1S/C12H6Cl3NO/c13-8-1-7(2-9(14)3-8)10-4-16-5-12(15)11(10)6-17/h1-6H. The summed E-state index contributed by atoms with van der Waals surface area (Å²) >= 11 is 17.7. The zero-order chi connectivity index (χ0) is 12.4. The molecule has 0 bridgehead atoms. The lowest BCUT2D eigenvalue weighted by Gasteiger charge is -2.07. The zero-order valence-corrected chi connectivity index (χ0v) is 10.7. The van der Waals surface area contributed by atoms with Crippen molar-refractivity contribution in [1.29, 1.82) is 0 Å². The molecule has 17 heavy (non-hydrogen) atoms. The van der Waals surface area contributed by atoms with Crippen LogP contribution in [0.4, 0.5) is 0 Å². The highest BCUT2D eigenvalue weighted by Crippen LogP contribution is 2.30. The Labute approximate surface area is 113 Å². The number of pyridine rings is 1. The van der Waals surface area contributed by atoms with E-state index in [1.54, 1.807) is 24.4 Å². The molecular weight excluding hydrogens is 280 g/mol. The third-order valence-corrected chi connectivity index (χ3v) is 2.97. The molecule has 0 saturated carbocycles. The van der Waals surface area contributed by atoms with Crippen molar-refractivity contribution in [2.45, 2.75) is 0 Å². The van der Waals surface area contributed by atoms with Crippen LogP contribution in [0.15, 0.2) is 30.6 Å². The van der Waals surface area contributed by atoms with E-state index in [9.17, 15) is 4.79 Å². The molecule has 2 aromatic rings. The quantitative estimate of drug-likeness (QED) is 0.760. The Morgan fingerprint density at radius 3 is 2.24 bits per heavy atom. The van der Waals surface area contributed by atoms with Gasteiger partial charge in [-0.05, 0) is 23.8 Å². The van der Waals surface area contributed by atoms with Crippen LogP contribution in [-0.4, -0.2) is 11.3 Å². The molecule has 0 aliphatic rings. The van der Waals surface area contributed by atoms with Gasteiger partial charge in [-0.15, -0.1) is 0 Å². The van der Waals surface area contributed by atoms with Crippen LogP contribution in [0.1, 0.15) is 10.4 Å². The van der Waals surface area contributed by atoms with E-state index in [4.69, 9.17) is 34.8 Å². The van der Waals surface area contributed by atoms with E-state index in [0.29, 0.717) is 38.0 Å². The van der Waals surface area contributed by atoms with Crippen LogP contribution < -0.4 is 0 Å². The molecule has 5 heteroatoms. The zero-order valence-electron chi connectivity index (χ0n) is 8.45. The van der Waals surface area contributed by atoms with Gasteiger partial charge >= 0.3 is 0 Å². The van der Waals surface area contributed by atoms with Crippen LogP contribution in [-0.2, 0) is 0 Å². The maximum atomic E-state index is 11.0. The second kappa shape index (κ2) is 5.05. The summed E-state index contributed by atoms with van der Waals surface area (Å²) in [5, 5.41) is 1.28. The summed E-state index contributed by atoms with van der Waals surface area (Å²) in [6.45, 7) is 0. The Hall–Kier alpha value is -1.09. The summed E-state index contributed by atoms with van der Waals surface area (Å²) in [5.41, 5.74) is 1.69. The molecule has 1 heterocycles. The van der Waals surface area contributed by atoms with Crippen LogP contribution in [0.5, 0.6) is 0 Å². The molecule has 0 atom stereocenters. The van der Waals surface area contributed by atoms with Crippen molar-refractivity contribution in [3.8, 4) is 11.1 Å². The first-order valence-electron chi connectivity index (χ1n) is 4.67. The van der Waals surface area contributed by atoms with Crippen LogP contribution >= 0.6 is 34.8 Å². The Morgan fingerprint density at radius 2 is 1.65 bits per heavy atom. The highest BCUT2D eigenvalue weighted by molar-refractivity contribution is 6.35. The predicted molar refractivity (Wildman–Crippen MR) is 70.1 cm³/mol. The van der Waals surface area contributed by atoms with Crippen molar-refractivity contribution in [2.75, 3.05) is 0 Å². The molecule has 0 amide bonds. The molecule has 0 unspecified atom stereocenters. The Balaban J connectivity index is 2.67. The lowest BCUT2D eigenvalue weighted by molar-refractivity contribution is 0.112. The number of halogens is 3. The summed E-state index contributed by atoms with van der Waals surface area (Å²) in [4.78, 5) is 15.0. The lowest BCUT2D eigenvalue weighted by atomic mass is 10.0. The van der Waals surface area contributed by atoms with E-state index in [-0.39, 0.29) is 0 Å². The van der Waals surface area contributed by atoms with Gasteiger partial charge in [0.25, 0.3) is 0 Å². The van der Waals surface area contributed by atoms with E-state index < -0.39 is 0 Å². The van der Waals surface area contributed by atoms with Gasteiger partial charge < -0.3 is 0 Å². The molecule has 0 aliphatic carbocycles. The van der Waals surface area contributed by atoms with Crippen LogP contribution in [0.2, 0.25) is 15.1 Å². The number of carbonyl (C=O) groups excluding carboxylic acids is 1. The Kier molecular flexibility index (Phi) is 3.67. The van der Waals surface area contributed by atoms with Crippen molar-refractivity contribution < 1.29 is 4.79 Å². The summed E-state index contributed by atoms with van der Waals surface area (Å²) in [7, 11) is 0. The number of benzene rings is 1. The fourth-order valence-corrected chi connectivity index (χ4v) is 2.23. The summed E-state index contributed by atoms with van der Waals surface area (Å²) < 4.78 is 0. The largest absolute Gasteiger partial charge is 0.298 e. The second-order valence-electron chi connectivity index (χ2n) is 3.36. The molecule has 2 rings (SSSR count). The van der Waals surface area contributed by atoms with Crippen molar-refractivity contribution >= 4 is 41.1 Å². The number of aromatic nitrogens is 1. The summed E-state index contributed by atoms with van der Waals surface area (Å²) in [6, 6.07) is 5.02. The van der Waals surface area contributed by atoms with E-state index >= 15 is 0 Å². The molecule has 2 nitrogen and oxygen atoms in total. The number of rotatable bonds is 2. The van der Waals surface area contributed by atoms with Crippen molar-refractivity contribution in [3.05, 3.63) is 51.2 Å². The fraction of sp³-hybridized carbons (Fsp3) is 0. The van der Waals surface area contributed by atoms with Crippen LogP contribution in [0.3, 0.4) is 0 Å². The SMILES string of the molecule is O=Cc1c(Cl)cncc1-c1cc(Cl)cc(Cl)c1. The van der Waals surface area contributed by atoms with Crippen molar-refractivity contribution in [2.24, 2.45) is 0 Å². The number of hydrogen-bond donors (Lipinski definition) is 0. The molecule has 1 aromatic heterocycles. The first-order valence-corrected chi connectivity index (χ1v) is 5.80. The average Bonchev–Trinajstić information content (AvgIpc) is 2.27. The first-order chi connectivity index (χ1) is 8.11. The minimum absolute atomic E-state index is 0.300. The minimum Gasteiger partial charge on any atom is -0.298 e.